The number of amides is 1. The van der Waals surface area contributed by atoms with Gasteiger partial charge in [-0.1, -0.05) is 11.6 Å². The van der Waals surface area contributed by atoms with Crippen LogP contribution in [0, 0.1) is 0 Å². The van der Waals surface area contributed by atoms with E-state index in [0.29, 0.717) is 18.9 Å². The molecule has 0 aromatic carbocycles. The van der Waals surface area contributed by atoms with Crippen LogP contribution in [0.2, 0.25) is 5.15 Å². The van der Waals surface area contributed by atoms with Gasteiger partial charge in [0.15, 0.2) is 0 Å². The number of alkyl halides is 3. The van der Waals surface area contributed by atoms with Gasteiger partial charge in [-0.05, 0) is 32.9 Å². The van der Waals surface area contributed by atoms with Crippen LogP contribution in [0.1, 0.15) is 35.7 Å². The second-order valence-corrected chi connectivity index (χ2v) is 5.96. The molecule has 1 aromatic rings. The lowest BCUT2D eigenvalue weighted by Gasteiger charge is -2.35. The minimum atomic E-state index is -4.65. The zero-order valence-electron chi connectivity index (χ0n) is 12.2. The van der Waals surface area contributed by atoms with Crippen molar-refractivity contribution in [3.63, 3.8) is 0 Å². The minimum absolute atomic E-state index is 0.143. The monoisotopic (exact) mass is 335 g/mol. The Kier molecular flexibility index (Phi) is 4.97. The number of hydrogen-bond donors (Lipinski definition) is 1. The topological polar surface area (TPSA) is 45.2 Å². The number of hydrogen-bond acceptors (Lipinski definition) is 3. The van der Waals surface area contributed by atoms with E-state index in [9.17, 15) is 18.0 Å². The van der Waals surface area contributed by atoms with Gasteiger partial charge in [0.1, 0.15) is 5.15 Å². The Morgan fingerprint density at radius 3 is 2.77 bits per heavy atom. The molecule has 1 aliphatic heterocycles. The van der Waals surface area contributed by atoms with E-state index in [0.717, 1.165) is 12.7 Å². The maximum absolute atomic E-state index is 13.0. The number of nitrogens with one attached hydrogen (secondary N) is 1. The van der Waals surface area contributed by atoms with Crippen molar-refractivity contribution in [2.24, 2.45) is 0 Å². The zero-order valence-corrected chi connectivity index (χ0v) is 13.0. The van der Waals surface area contributed by atoms with Crippen LogP contribution in [0.4, 0.5) is 13.2 Å². The van der Waals surface area contributed by atoms with E-state index in [1.807, 2.05) is 14.0 Å². The van der Waals surface area contributed by atoms with E-state index >= 15 is 0 Å². The molecule has 2 atom stereocenters. The molecule has 0 spiro atoms. The number of halogens is 4. The number of rotatable bonds is 2. The number of carbonyl (C=O) groups is 1. The van der Waals surface area contributed by atoms with Crippen molar-refractivity contribution < 1.29 is 18.0 Å². The molecule has 1 aromatic heterocycles. The SMILES string of the molecule is CC1CC(NC(=O)c2cnc(Cl)cc2C(F)(F)F)CCN1C. The van der Waals surface area contributed by atoms with Crippen LogP contribution < -0.4 is 5.32 Å². The lowest BCUT2D eigenvalue weighted by Crippen LogP contribution is -2.47. The van der Waals surface area contributed by atoms with E-state index in [1.54, 1.807) is 0 Å². The summed E-state index contributed by atoms with van der Waals surface area (Å²) >= 11 is 5.51. The van der Waals surface area contributed by atoms with Crippen LogP contribution in [0.5, 0.6) is 0 Å². The van der Waals surface area contributed by atoms with Crippen LogP contribution >= 0.6 is 11.6 Å². The molecule has 0 radical (unpaired) electrons. The maximum atomic E-state index is 13.0. The lowest BCUT2D eigenvalue weighted by molar-refractivity contribution is -0.138. The highest BCUT2D eigenvalue weighted by molar-refractivity contribution is 6.29. The average molecular weight is 336 g/mol. The Morgan fingerprint density at radius 1 is 1.50 bits per heavy atom. The highest BCUT2D eigenvalue weighted by Crippen LogP contribution is 2.33. The van der Waals surface area contributed by atoms with E-state index in [-0.39, 0.29) is 17.2 Å². The molecule has 8 heteroatoms. The molecule has 0 saturated carbocycles. The second kappa shape index (κ2) is 6.42. The maximum Gasteiger partial charge on any atom is 0.417 e. The van der Waals surface area contributed by atoms with Crippen molar-refractivity contribution in [3.05, 3.63) is 28.5 Å². The number of piperidine rings is 1. The molecular formula is C14H17ClF3N3O. The Hall–Kier alpha value is -1.34. The number of likely N-dealkylation sites (tertiary alicyclic amines) is 1. The molecule has 1 amide bonds. The van der Waals surface area contributed by atoms with Crippen LogP contribution in [-0.2, 0) is 6.18 Å². The summed E-state index contributed by atoms with van der Waals surface area (Å²) in [5.74, 6) is -0.766. The average Bonchev–Trinajstić information content (AvgIpc) is 2.41. The molecule has 122 valence electrons. The molecule has 2 heterocycles. The van der Waals surface area contributed by atoms with Crippen molar-refractivity contribution in [2.75, 3.05) is 13.6 Å². The Morgan fingerprint density at radius 2 is 2.18 bits per heavy atom. The standard InChI is InChI=1S/C14H17ClF3N3O/c1-8-5-9(3-4-21(8)2)20-13(22)10-7-19-12(15)6-11(10)14(16,17)18/h6-9H,3-5H2,1-2H3,(H,20,22). The van der Waals surface area contributed by atoms with Crippen molar-refractivity contribution in [2.45, 2.75) is 38.0 Å². The molecular weight excluding hydrogens is 319 g/mol. The van der Waals surface area contributed by atoms with Crippen LogP contribution in [0.15, 0.2) is 12.3 Å². The smallest absolute Gasteiger partial charge is 0.349 e. The molecule has 2 unspecified atom stereocenters. The predicted molar refractivity (Wildman–Crippen MR) is 76.8 cm³/mol. The zero-order chi connectivity index (χ0) is 16.5. The number of pyridine rings is 1. The summed E-state index contributed by atoms with van der Waals surface area (Å²) in [6.07, 6.45) is -2.38. The third-order valence-electron chi connectivity index (χ3n) is 3.96. The summed E-state index contributed by atoms with van der Waals surface area (Å²) in [7, 11) is 1.98. The van der Waals surface area contributed by atoms with Gasteiger partial charge in [0, 0.05) is 24.8 Å². The molecule has 1 saturated heterocycles. The summed E-state index contributed by atoms with van der Waals surface area (Å²) in [6, 6.07) is 0.799. The van der Waals surface area contributed by atoms with Gasteiger partial charge in [-0.25, -0.2) is 4.98 Å². The van der Waals surface area contributed by atoms with Gasteiger partial charge < -0.3 is 10.2 Å². The third-order valence-corrected chi connectivity index (χ3v) is 4.17. The summed E-state index contributed by atoms with van der Waals surface area (Å²) in [4.78, 5) is 17.9. The van der Waals surface area contributed by atoms with Crippen molar-refractivity contribution in [3.8, 4) is 0 Å². The van der Waals surface area contributed by atoms with Crippen LogP contribution in [-0.4, -0.2) is 41.5 Å². The van der Waals surface area contributed by atoms with Crippen LogP contribution in [0.3, 0.4) is 0 Å². The number of carbonyl (C=O) groups excluding carboxylic acids is 1. The summed E-state index contributed by atoms with van der Waals surface area (Å²) in [6.45, 7) is 2.81. The first-order valence-corrected chi connectivity index (χ1v) is 7.30. The molecule has 1 aliphatic rings. The van der Waals surface area contributed by atoms with Gasteiger partial charge in [0.2, 0.25) is 0 Å². The highest BCUT2D eigenvalue weighted by atomic mass is 35.5. The fourth-order valence-corrected chi connectivity index (χ4v) is 2.69. The van der Waals surface area contributed by atoms with E-state index in [4.69, 9.17) is 11.6 Å². The fourth-order valence-electron chi connectivity index (χ4n) is 2.53. The van der Waals surface area contributed by atoms with Crippen LogP contribution in [0.25, 0.3) is 0 Å². The second-order valence-electron chi connectivity index (χ2n) is 5.57. The van der Waals surface area contributed by atoms with Crippen molar-refractivity contribution in [1.29, 1.82) is 0 Å². The first-order valence-electron chi connectivity index (χ1n) is 6.92. The summed E-state index contributed by atoms with van der Waals surface area (Å²) < 4.78 is 39.0. The molecule has 22 heavy (non-hydrogen) atoms. The molecule has 1 N–H and O–H groups in total. The van der Waals surface area contributed by atoms with Crippen molar-refractivity contribution >= 4 is 17.5 Å². The predicted octanol–water partition coefficient (Wildman–Crippen LogP) is 2.97. The number of aromatic nitrogens is 1. The van der Waals surface area contributed by atoms with E-state index < -0.39 is 23.2 Å². The van der Waals surface area contributed by atoms with Gasteiger partial charge in [-0.15, -0.1) is 0 Å². The molecule has 0 bridgehead atoms. The Bertz CT molecular complexity index is 565. The molecule has 4 nitrogen and oxygen atoms in total. The molecule has 2 rings (SSSR count). The third kappa shape index (κ3) is 3.89. The quantitative estimate of drug-likeness (QED) is 0.845. The van der Waals surface area contributed by atoms with Gasteiger partial charge in [0.05, 0.1) is 11.1 Å². The fraction of sp³-hybridized carbons (Fsp3) is 0.571. The van der Waals surface area contributed by atoms with Crippen molar-refractivity contribution in [1.82, 2.24) is 15.2 Å². The van der Waals surface area contributed by atoms with E-state index in [1.165, 1.54) is 0 Å². The summed E-state index contributed by atoms with van der Waals surface area (Å²) in [5, 5.41) is 2.37. The van der Waals surface area contributed by atoms with Gasteiger partial charge in [-0.2, -0.15) is 13.2 Å². The molecule has 0 aliphatic carbocycles. The number of nitrogens with zero attached hydrogens (tertiary/aromatic N) is 2. The highest BCUT2D eigenvalue weighted by Gasteiger charge is 2.36. The Labute approximate surface area is 131 Å². The lowest BCUT2D eigenvalue weighted by atomic mass is 9.98. The van der Waals surface area contributed by atoms with Gasteiger partial charge in [-0.3, -0.25) is 4.79 Å². The summed E-state index contributed by atoms with van der Waals surface area (Å²) in [5.41, 5.74) is -1.56. The largest absolute Gasteiger partial charge is 0.417 e. The molecule has 1 fully saturated rings. The first kappa shape index (κ1) is 17.0. The van der Waals surface area contributed by atoms with E-state index in [2.05, 4.69) is 15.2 Å². The first-order chi connectivity index (χ1) is 10.2. The normalized spacial score (nSPS) is 23.4. The van der Waals surface area contributed by atoms with Gasteiger partial charge in [0.25, 0.3) is 5.91 Å². The van der Waals surface area contributed by atoms with Gasteiger partial charge >= 0.3 is 6.18 Å². The minimum Gasteiger partial charge on any atom is -0.349 e. The Balaban J connectivity index is 2.16.